The summed E-state index contributed by atoms with van der Waals surface area (Å²) in [4.78, 5) is 36.8. The minimum Gasteiger partial charge on any atom is -0.450 e. The minimum absolute atomic E-state index is 0.280. The first kappa shape index (κ1) is 18.6. The first-order valence-electron chi connectivity index (χ1n) is 7.90. The SMILES string of the molecule is CCOC(=O)N1CCC(NC(=O)C(=O)Nc2c(F)cccc2F)CC1. The molecule has 0 unspecified atom stereocenters. The van der Waals surface area contributed by atoms with Crippen LogP contribution in [-0.4, -0.2) is 48.5 Å². The second kappa shape index (κ2) is 8.41. The highest BCUT2D eigenvalue weighted by molar-refractivity contribution is 6.39. The molecule has 0 atom stereocenters. The molecule has 1 aliphatic heterocycles. The number of hydrogen-bond donors (Lipinski definition) is 2. The van der Waals surface area contributed by atoms with Crippen LogP contribution in [0, 0.1) is 11.6 Å². The van der Waals surface area contributed by atoms with Crippen molar-refractivity contribution < 1.29 is 27.9 Å². The number of likely N-dealkylation sites (tertiary alicyclic amines) is 1. The number of hydrogen-bond acceptors (Lipinski definition) is 4. The van der Waals surface area contributed by atoms with Gasteiger partial charge in [-0.1, -0.05) is 6.07 Å². The van der Waals surface area contributed by atoms with Crippen LogP contribution in [0.4, 0.5) is 19.3 Å². The van der Waals surface area contributed by atoms with Crippen molar-refractivity contribution >= 4 is 23.6 Å². The van der Waals surface area contributed by atoms with E-state index >= 15 is 0 Å². The summed E-state index contributed by atoms with van der Waals surface area (Å²) in [5.41, 5.74) is -0.667. The van der Waals surface area contributed by atoms with Crippen molar-refractivity contribution in [2.75, 3.05) is 25.0 Å². The smallest absolute Gasteiger partial charge is 0.409 e. The van der Waals surface area contributed by atoms with Crippen molar-refractivity contribution in [3.63, 3.8) is 0 Å². The number of nitrogens with one attached hydrogen (secondary N) is 2. The van der Waals surface area contributed by atoms with Gasteiger partial charge in [0.1, 0.15) is 17.3 Å². The van der Waals surface area contributed by atoms with Crippen LogP contribution in [0.2, 0.25) is 0 Å². The number of amides is 3. The number of anilines is 1. The Morgan fingerprint density at radius 3 is 2.32 bits per heavy atom. The van der Waals surface area contributed by atoms with Crippen LogP contribution in [0.3, 0.4) is 0 Å². The molecule has 7 nitrogen and oxygen atoms in total. The Kier molecular flexibility index (Phi) is 6.26. The number of nitrogens with zero attached hydrogens (tertiary/aromatic N) is 1. The van der Waals surface area contributed by atoms with Gasteiger partial charge in [0.2, 0.25) is 0 Å². The van der Waals surface area contributed by atoms with Gasteiger partial charge >= 0.3 is 17.9 Å². The van der Waals surface area contributed by atoms with Gasteiger partial charge in [0.15, 0.2) is 0 Å². The molecule has 9 heteroatoms. The fourth-order valence-corrected chi connectivity index (χ4v) is 2.46. The molecule has 1 heterocycles. The molecule has 1 saturated heterocycles. The van der Waals surface area contributed by atoms with Gasteiger partial charge in [0.25, 0.3) is 0 Å². The summed E-state index contributed by atoms with van der Waals surface area (Å²) in [6.07, 6.45) is 0.484. The van der Waals surface area contributed by atoms with Gasteiger partial charge < -0.3 is 20.3 Å². The summed E-state index contributed by atoms with van der Waals surface area (Å²) in [6.45, 7) is 2.75. The van der Waals surface area contributed by atoms with E-state index in [-0.39, 0.29) is 12.6 Å². The van der Waals surface area contributed by atoms with Gasteiger partial charge in [-0.3, -0.25) is 9.59 Å². The van der Waals surface area contributed by atoms with Crippen molar-refractivity contribution in [1.82, 2.24) is 10.2 Å². The number of rotatable bonds is 3. The first-order chi connectivity index (χ1) is 11.9. The van der Waals surface area contributed by atoms with Gasteiger partial charge in [-0.05, 0) is 31.9 Å². The van der Waals surface area contributed by atoms with Crippen molar-refractivity contribution in [3.05, 3.63) is 29.8 Å². The molecule has 0 radical (unpaired) electrons. The van der Waals surface area contributed by atoms with E-state index in [1.54, 1.807) is 6.92 Å². The molecule has 0 aliphatic carbocycles. The Balaban J connectivity index is 1.84. The summed E-state index contributed by atoms with van der Waals surface area (Å²) in [5.74, 6) is -4.08. The Hall–Kier alpha value is -2.71. The molecular weight excluding hydrogens is 336 g/mol. The van der Waals surface area contributed by atoms with E-state index in [1.165, 1.54) is 4.90 Å². The molecule has 25 heavy (non-hydrogen) atoms. The zero-order chi connectivity index (χ0) is 18.4. The fraction of sp³-hybridized carbons (Fsp3) is 0.438. The monoisotopic (exact) mass is 355 g/mol. The second-order valence-electron chi connectivity index (χ2n) is 5.48. The quantitative estimate of drug-likeness (QED) is 0.807. The fourth-order valence-electron chi connectivity index (χ4n) is 2.46. The predicted molar refractivity (Wildman–Crippen MR) is 84.7 cm³/mol. The largest absolute Gasteiger partial charge is 0.450 e. The third kappa shape index (κ3) is 4.88. The van der Waals surface area contributed by atoms with E-state index in [1.807, 2.05) is 5.32 Å². The van der Waals surface area contributed by atoms with Gasteiger partial charge in [-0.15, -0.1) is 0 Å². The van der Waals surface area contributed by atoms with Gasteiger partial charge in [0, 0.05) is 19.1 Å². The molecule has 2 rings (SSSR count). The topological polar surface area (TPSA) is 87.7 Å². The maximum Gasteiger partial charge on any atom is 0.409 e. The van der Waals surface area contributed by atoms with E-state index in [0.717, 1.165) is 18.2 Å². The number of para-hydroxylation sites is 1. The summed E-state index contributed by atoms with van der Waals surface area (Å²) in [7, 11) is 0. The zero-order valence-corrected chi connectivity index (χ0v) is 13.7. The first-order valence-corrected chi connectivity index (χ1v) is 7.90. The van der Waals surface area contributed by atoms with Gasteiger partial charge in [0.05, 0.1) is 6.61 Å². The van der Waals surface area contributed by atoms with Crippen LogP contribution in [0.25, 0.3) is 0 Å². The molecule has 1 fully saturated rings. The average Bonchev–Trinajstić information content (AvgIpc) is 2.59. The van der Waals surface area contributed by atoms with Crippen molar-refractivity contribution in [2.24, 2.45) is 0 Å². The Morgan fingerprint density at radius 2 is 1.76 bits per heavy atom. The molecule has 0 spiro atoms. The van der Waals surface area contributed by atoms with E-state index < -0.39 is 35.2 Å². The third-order valence-electron chi connectivity index (χ3n) is 3.76. The van der Waals surface area contributed by atoms with E-state index in [4.69, 9.17) is 4.74 Å². The normalized spacial score (nSPS) is 14.8. The second-order valence-corrected chi connectivity index (χ2v) is 5.48. The Labute approximate surface area is 143 Å². The summed E-state index contributed by atoms with van der Waals surface area (Å²) in [5, 5.41) is 4.42. The van der Waals surface area contributed by atoms with Crippen molar-refractivity contribution in [3.8, 4) is 0 Å². The molecular formula is C16H19F2N3O4. The molecule has 2 N–H and O–H groups in total. The number of ether oxygens (including phenoxy) is 1. The lowest BCUT2D eigenvalue weighted by molar-refractivity contribution is -0.136. The highest BCUT2D eigenvalue weighted by atomic mass is 19.1. The lowest BCUT2D eigenvalue weighted by atomic mass is 10.1. The maximum absolute atomic E-state index is 13.5. The minimum atomic E-state index is -1.16. The third-order valence-corrected chi connectivity index (χ3v) is 3.76. The lowest BCUT2D eigenvalue weighted by Gasteiger charge is -2.31. The molecule has 0 aromatic heterocycles. The summed E-state index contributed by atoms with van der Waals surface area (Å²) in [6, 6.07) is 2.79. The average molecular weight is 355 g/mol. The van der Waals surface area contributed by atoms with Crippen molar-refractivity contribution in [1.29, 1.82) is 0 Å². The molecule has 3 amide bonds. The van der Waals surface area contributed by atoms with Crippen molar-refractivity contribution in [2.45, 2.75) is 25.8 Å². The molecule has 0 bridgehead atoms. The Bertz CT molecular complexity index is 641. The predicted octanol–water partition coefficient (Wildman–Crippen LogP) is 1.64. The van der Waals surface area contributed by atoms with Crippen LogP contribution < -0.4 is 10.6 Å². The number of piperidine rings is 1. The van der Waals surface area contributed by atoms with Crippen LogP contribution in [0.5, 0.6) is 0 Å². The molecule has 136 valence electrons. The summed E-state index contributed by atoms with van der Waals surface area (Å²) >= 11 is 0. The zero-order valence-electron chi connectivity index (χ0n) is 13.7. The summed E-state index contributed by atoms with van der Waals surface area (Å²) < 4.78 is 31.8. The molecule has 1 aromatic carbocycles. The van der Waals surface area contributed by atoms with E-state index in [9.17, 15) is 23.2 Å². The number of benzene rings is 1. The lowest BCUT2D eigenvalue weighted by Crippen LogP contribution is -2.49. The standard InChI is InChI=1S/C16H19F2N3O4/c1-2-25-16(24)21-8-6-10(7-9-21)19-14(22)15(23)20-13-11(17)4-3-5-12(13)18/h3-5,10H,2,6-9H2,1H3,(H,19,22)(H,20,23). The number of carbonyl (C=O) groups is 3. The Morgan fingerprint density at radius 1 is 1.16 bits per heavy atom. The van der Waals surface area contributed by atoms with Gasteiger partial charge in [-0.25, -0.2) is 13.6 Å². The van der Waals surface area contributed by atoms with Crippen LogP contribution in [0.15, 0.2) is 18.2 Å². The van der Waals surface area contributed by atoms with Crippen LogP contribution in [-0.2, 0) is 14.3 Å². The van der Waals surface area contributed by atoms with Crippen LogP contribution in [0.1, 0.15) is 19.8 Å². The number of halogens is 2. The molecule has 1 aromatic rings. The highest BCUT2D eigenvalue weighted by Gasteiger charge is 2.26. The highest BCUT2D eigenvalue weighted by Crippen LogP contribution is 2.18. The van der Waals surface area contributed by atoms with E-state index in [0.29, 0.717) is 25.9 Å². The molecule has 1 aliphatic rings. The maximum atomic E-state index is 13.5. The number of carbonyl (C=O) groups excluding carboxylic acids is 3. The van der Waals surface area contributed by atoms with Gasteiger partial charge in [-0.2, -0.15) is 0 Å². The van der Waals surface area contributed by atoms with E-state index in [2.05, 4.69) is 5.32 Å². The van der Waals surface area contributed by atoms with Crippen LogP contribution >= 0.6 is 0 Å². The molecule has 0 saturated carbocycles.